The Morgan fingerprint density at radius 3 is 1.58 bits per heavy atom. The maximum absolute atomic E-state index is 8.62. The van der Waals surface area contributed by atoms with E-state index in [2.05, 4.69) is 6.58 Å². The topological polar surface area (TPSA) is 79.2 Å². The molecule has 5 heteroatoms. The van der Waals surface area contributed by atoms with Crippen molar-refractivity contribution in [3.8, 4) is 0 Å². The first kappa shape index (κ1) is 27.1. The molecule has 0 rings (SSSR count). The van der Waals surface area contributed by atoms with Gasteiger partial charge in [0.1, 0.15) is 0 Å². The summed E-state index contributed by atoms with van der Waals surface area (Å²) in [5, 5.41) is 25.4. The third-order valence-electron chi connectivity index (χ3n) is 3.38. The van der Waals surface area contributed by atoms with Gasteiger partial charge in [-0.15, -0.1) is 6.58 Å². The first-order valence-electron chi connectivity index (χ1n) is 9.80. The average molecular weight is 373 g/mol. The van der Waals surface area contributed by atoms with Gasteiger partial charge in [0.05, 0.1) is 32.3 Å². The summed E-state index contributed by atoms with van der Waals surface area (Å²) in [4.78, 5) is 0. The van der Waals surface area contributed by atoms with Crippen LogP contribution < -0.4 is 0 Å². The summed E-state index contributed by atoms with van der Waals surface area (Å²) in [7, 11) is 0. The minimum atomic E-state index is 0.0911. The van der Waals surface area contributed by atoms with Crippen molar-refractivity contribution in [2.45, 2.75) is 64.2 Å². The molecule has 0 unspecified atom stereocenters. The van der Waals surface area contributed by atoms with Gasteiger partial charge in [0.15, 0.2) is 0 Å². The van der Waals surface area contributed by atoms with E-state index >= 15 is 0 Å². The van der Waals surface area contributed by atoms with Crippen molar-refractivity contribution in [2.75, 3.05) is 33.0 Å². The highest BCUT2D eigenvalue weighted by atomic mass is 16.5. The minimum absolute atomic E-state index is 0.0911. The molecule has 0 amide bonds. The van der Waals surface area contributed by atoms with Gasteiger partial charge < -0.3 is 24.8 Å². The van der Waals surface area contributed by atoms with Gasteiger partial charge in [-0.1, -0.05) is 31.8 Å². The van der Waals surface area contributed by atoms with Gasteiger partial charge in [-0.05, 0) is 50.7 Å². The van der Waals surface area contributed by atoms with Gasteiger partial charge in [0.2, 0.25) is 0 Å². The maximum Gasteiger partial charge on any atom is 0.0861 e. The van der Waals surface area contributed by atoms with Crippen molar-refractivity contribution < 1.29 is 24.8 Å². The van der Waals surface area contributed by atoms with Crippen LogP contribution in [0.3, 0.4) is 0 Å². The smallest absolute Gasteiger partial charge is 0.0861 e. The van der Waals surface area contributed by atoms with E-state index in [1.807, 2.05) is 12.2 Å². The van der Waals surface area contributed by atoms with E-state index in [1.54, 1.807) is 18.6 Å². The summed E-state index contributed by atoms with van der Waals surface area (Å²) in [5.41, 5.74) is 0. The number of hydrogen-bond donors (Lipinski definition) is 3. The maximum atomic E-state index is 8.62. The lowest BCUT2D eigenvalue weighted by Crippen LogP contribution is -1.97. The van der Waals surface area contributed by atoms with E-state index in [0.29, 0.717) is 26.4 Å². The molecule has 0 fully saturated rings. The van der Waals surface area contributed by atoms with Crippen molar-refractivity contribution in [3.05, 3.63) is 37.3 Å². The first-order valence-corrected chi connectivity index (χ1v) is 9.80. The molecule has 0 saturated heterocycles. The zero-order valence-corrected chi connectivity index (χ0v) is 16.4. The highest BCUT2D eigenvalue weighted by Crippen LogP contribution is 2.04. The van der Waals surface area contributed by atoms with Gasteiger partial charge in [-0.2, -0.15) is 0 Å². The largest absolute Gasteiger partial charge is 0.473 e. The third-order valence-corrected chi connectivity index (χ3v) is 3.38. The number of hydrogen-bond acceptors (Lipinski definition) is 5. The van der Waals surface area contributed by atoms with Gasteiger partial charge in [-0.3, -0.25) is 0 Å². The summed E-state index contributed by atoms with van der Waals surface area (Å²) in [6, 6.07) is 0. The Morgan fingerprint density at radius 2 is 1.15 bits per heavy atom. The van der Waals surface area contributed by atoms with Crippen molar-refractivity contribution in [1.29, 1.82) is 0 Å². The summed E-state index contributed by atoms with van der Waals surface area (Å²) in [6.45, 7) is 5.07. The van der Waals surface area contributed by atoms with Crippen LogP contribution in [0.5, 0.6) is 0 Å². The molecule has 0 bridgehead atoms. The Morgan fingerprint density at radius 1 is 0.654 bits per heavy atom. The fourth-order valence-electron chi connectivity index (χ4n) is 1.98. The van der Waals surface area contributed by atoms with Gasteiger partial charge in [0, 0.05) is 13.2 Å². The minimum Gasteiger partial charge on any atom is -0.473 e. The third kappa shape index (κ3) is 30.7. The molecule has 0 aromatic heterocycles. The number of ether oxygens (including phenoxy) is 2. The highest BCUT2D eigenvalue weighted by molar-refractivity contribution is 4.79. The zero-order chi connectivity index (χ0) is 19.6. The molecule has 0 aliphatic rings. The number of aliphatic hydroxyl groups is 3. The standard InChI is InChI=1S/C16H30O3.C5H10O2/c17-13-9-5-1-3-7-11-15-19-16-12-8-4-2-6-10-14-18;1-2-4-7-5-3-6/h11-12,15-18H,1-10,13-14H2;2,6H,1,3-5H2. The Hall–Kier alpha value is -1.14. The molecular formula is C21H40O5. The molecule has 0 aliphatic heterocycles. The lowest BCUT2D eigenvalue weighted by atomic mass is 10.1. The van der Waals surface area contributed by atoms with Crippen LogP contribution >= 0.6 is 0 Å². The lowest BCUT2D eigenvalue weighted by Gasteiger charge is -1.96. The van der Waals surface area contributed by atoms with Crippen LogP contribution in [-0.4, -0.2) is 48.4 Å². The average Bonchev–Trinajstić information content (AvgIpc) is 2.66. The van der Waals surface area contributed by atoms with Crippen molar-refractivity contribution in [2.24, 2.45) is 0 Å². The predicted octanol–water partition coefficient (Wildman–Crippen LogP) is 4.10. The van der Waals surface area contributed by atoms with Crippen LogP contribution in [0, 0.1) is 0 Å². The van der Waals surface area contributed by atoms with Crippen LogP contribution in [0.4, 0.5) is 0 Å². The van der Waals surface area contributed by atoms with E-state index in [-0.39, 0.29) is 6.61 Å². The number of allylic oxidation sites excluding steroid dienone is 2. The fourth-order valence-corrected chi connectivity index (χ4v) is 1.98. The summed E-state index contributed by atoms with van der Waals surface area (Å²) >= 11 is 0. The quantitative estimate of drug-likeness (QED) is 0.192. The highest BCUT2D eigenvalue weighted by Gasteiger charge is 1.87. The van der Waals surface area contributed by atoms with Crippen LogP contribution in [0.2, 0.25) is 0 Å². The molecule has 154 valence electrons. The molecular weight excluding hydrogens is 332 g/mol. The van der Waals surface area contributed by atoms with E-state index in [0.717, 1.165) is 51.4 Å². The second kappa shape index (κ2) is 28.7. The molecule has 0 saturated carbocycles. The first-order chi connectivity index (χ1) is 12.8. The second-order valence-corrected chi connectivity index (χ2v) is 5.82. The summed E-state index contributed by atoms with van der Waals surface area (Å²) in [5.74, 6) is 0. The SMILES string of the molecule is C=CCOCCO.OCCCCCCC=COC=CCCCCCCO. The molecule has 0 atom stereocenters. The van der Waals surface area contributed by atoms with Crippen molar-refractivity contribution in [3.63, 3.8) is 0 Å². The normalized spacial score (nSPS) is 10.9. The number of aliphatic hydroxyl groups excluding tert-OH is 3. The Bertz CT molecular complexity index is 281. The van der Waals surface area contributed by atoms with E-state index in [4.69, 9.17) is 24.8 Å². The molecule has 0 spiro atoms. The number of rotatable bonds is 18. The van der Waals surface area contributed by atoms with Crippen molar-refractivity contribution in [1.82, 2.24) is 0 Å². The zero-order valence-electron chi connectivity index (χ0n) is 16.4. The molecule has 5 nitrogen and oxygen atoms in total. The summed E-state index contributed by atoms with van der Waals surface area (Å²) < 4.78 is 10.0. The van der Waals surface area contributed by atoms with Gasteiger partial charge in [0.25, 0.3) is 0 Å². The van der Waals surface area contributed by atoms with Crippen LogP contribution in [0.1, 0.15) is 64.2 Å². The Balaban J connectivity index is 0. The molecule has 26 heavy (non-hydrogen) atoms. The van der Waals surface area contributed by atoms with E-state index in [1.165, 1.54) is 12.8 Å². The second-order valence-electron chi connectivity index (χ2n) is 5.82. The molecule has 0 radical (unpaired) electrons. The molecule has 0 aliphatic carbocycles. The predicted molar refractivity (Wildman–Crippen MR) is 108 cm³/mol. The molecule has 0 aromatic rings. The Labute approximate surface area is 160 Å². The number of unbranched alkanes of at least 4 members (excludes halogenated alkanes) is 8. The monoisotopic (exact) mass is 372 g/mol. The van der Waals surface area contributed by atoms with E-state index in [9.17, 15) is 0 Å². The van der Waals surface area contributed by atoms with Gasteiger partial charge >= 0.3 is 0 Å². The van der Waals surface area contributed by atoms with Crippen LogP contribution in [-0.2, 0) is 9.47 Å². The van der Waals surface area contributed by atoms with Crippen LogP contribution in [0.25, 0.3) is 0 Å². The summed E-state index contributed by atoms with van der Waals surface area (Å²) in [6.07, 6.45) is 20.0. The fraction of sp³-hybridized carbons (Fsp3) is 0.714. The molecule has 0 heterocycles. The Kier molecular flexibility index (Phi) is 29.8. The molecule has 0 aromatic carbocycles. The van der Waals surface area contributed by atoms with Gasteiger partial charge in [-0.25, -0.2) is 0 Å². The molecule has 3 N–H and O–H groups in total. The van der Waals surface area contributed by atoms with Crippen LogP contribution in [0.15, 0.2) is 37.3 Å². The van der Waals surface area contributed by atoms with Crippen molar-refractivity contribution >= 4 is 0 Å². The van der Waals surface area contributed by atoms with E-state index < -0.39 is 0 Å². The lowest BCUT2D eigenvalue weighted by molar-refractivity contribution is 0.112.